The lowest BCUT2D eigenvalue weighted by molar-refractivity contribution is 0.145. The summed E-state index contributed by atoms with van der Waals surface area (Å²) >= 11 is 0. The van der Waals surface area contributed by atoms with E-state index in [1.54, 1.807) is 13.2 Å². The lowest BCUT2D eigenvalue weighted by atomic mass is 10.1. The highest BCUT2D eigenvalue weighted by Crippen LogP contribution is 2.25. The molecule has 0 amide bonds. The Morgan fingerprint density at radius 1 is 1.38 bits per heavy atom. The lowest BCUT2D eigenvalue weighted by Gasteiger charge is -2.16. The molecule has 0 saturated heterocycles. The van der Waals surface area contributed by atoms with Crippen molar-refractivity contribution >= 4 is 0 Å². The highest BCUT2D eigenvalue weighted by Gasteiger charge is 2.10. The molecule has 1 aromatic carbocycles. The van der Waals surface area contributed by atoms with Crippen LogP contribution in [0.15, 0.2) is 18.2 Å². The third-order valence-corrected chi connectivity index (χ3v) is 2.42. The summed E-state index contributed by atoms with van der Waals surface area (Å²) in [7, 11) is 3.46. The van der Waals surface area contributed by atoms with Gasteiger partial charge < -0.3 is 14.8 Å². The van der Waals surface area contributed by atoms with Gasteiger partial charge in [0.1, 0.15) is 18.2 Å². The summed E-state index contributed by atoms with van der Waals surface area (Å²) in [5.41, 5.74) is 0.944. The zero-order valence-electron chi connectivity index (χ0n) is 9.92. The van der Waals surface area contributed by atoms with Gasteiger partial charge in [0, 0.05) is 24.8 Å². The molecule has 1 N–H and O–H groups in total. The molecule has 0 spiro atoms. The van der Waals surface area contributed by atoms with Gasteiger partial charge >= 0.3 is 0 Å². The molecule has 16 heavy (non-hydrogen) atoms. The maximum absolute atomic E-state index is 13.1. The number of halogens is 1. The van der Waals surface area contributed by atoms with Crippen molar-refractivity contribution in [3.8, 4) is 5.75 Å². The number of hydrogen-bond donors (Lipinski definition) is 1. The highest BCUT2D eigenvalue weighted by atomic mass is 19.1. The van der Waals surface area contributed by atoms with Crippen LogP contribution < -0.4 is 10.1 Å². The van der Waals surface area contributed by atoms with E-state index in [0.29, 0.717) is 19.0 Å². The van der Waals surface area contributed by atoms with Crippen molar-refractivity contribution in [2.24, 2.45) is 0 Å². The monoisotopic (exact) mass is 227 g/mol. The molecule has 0 aliphatic heterocycles. The molecule has 1 aromatic rings. The normalized spacial score (nSPS) is 12.5. The summed E-state index contributed by atoms with van der Waals surface area (Å²) in [6.45, 7) is 2.91. The first-order valence-corrected chi connectivity index (χ1v) is 5.27. The van der Waals surface area contributed by atoms with Crippen molar-refractivity contribution in [2.75, 3.05) is 27.4 Å². The van der Waals surface area contributed by atoms with E-state index in [0.717, 1.165) is 5.56 Å². The van der Waals surface area contributed by atoms with Gasteiger partial charge in [0.2, 0.25) is 0 Å². The molecular formula is C12H18FNO2. The zero-order valence-corrected chi connectivity index (χ0v) is 9.92. The average molecular weight is 227 g/mol. The topological polar surface area (TPSA) is 30.5 Å². The van der Waals surface area contributed by atoms with Gasteiger partial charge in [-0.15, -0.1) is 0 Å². The maximum Gasteiger partial charge on any atom is 0.127 e. The first-order valence-electron chi connectivity index (χ1n) is 5.27. The van der Waals surface area contributed by atoms with Crippen LogP contribution in [0, 0.1) is 5.82 Å². The molecule has 4 heteroatoms. The highest BCUT2D eigenvalue weighted by molar-refractivity contribution is 5.36. The third kappa shape index (κ3) is 3.47. The van der Waals surface area contributed by atoms with E-state index >= 15 is 0 Å². The Hall–Kier alpha value is -1.13. The van der Waals surface area contributed by atoms with Crippen molar-refractivity contribution in [2.45, 2.75) is 13.0 Å². The molecule has 0 radical (unpaired) electrons. The molecule has 0 aliphatic carbocycles. The summed E-state index contributed by atoms with van der Waals surface area (Å²) in [4.78, 5) is 0. The van der Waals surface area contributed by atoms with Crippen molar-refractivity contribution in [3.63, 3.8) is 0 Å². The fraction of sp³-hybridized carbons (Fsp3) is 0.500. The van der Waals surface area contributed by atoms with Gasteiger partial charge in [-0.05, 0) is 20.0 Å². The van der Waals surface area contributed by atoms with Crippen LogP contribution in [-0.2, 0) is 4.74 Å². The summed E-state index contributed by atoms with van der Waals surface area (Å²) < 4.78 is 23.5. The Morgan fingerprint density at radius 3 is 2.75 bits per heavy atom. The minimum Gasteiger partial charge on any atom is -0.491 e. The Kier molecular flexibility index (Phi) is 5.22. The summed E-state index contributed by atoms with van der Waals surface area (Å²) in [6, 6.07) is 4.70. The van der Waals surface area contributed by atoms with Crippen LogP contribution in [0.25, 0.3) is 0 Å². The van der Waals surface area contributed by atoms with Crippen LogP contribution in [-0.4, -0.2) is 27.4 Å². The molecule has 0 fully saturated rings. The standard InChI is InChI=1S/C12H18FNO2/c1-9(14-2)11-5-4-10(13)8-12(11)16-7-6-15-3/h4-5,8-9,14H,6-7H2,1-3H3. The van der Waals surface area contributed by atoms with E-state index in [1.807, 2.05) is 14.0 Å². The fourth-order valence-electron chi connectivity index (χ4n) is 1.38. The maximum atomic E-state index is 13.1. The second-order valence-electron chi connectivity index (χ2n) is 3.53. The number of benzene rings is 1. The van der Waals surface area contributed by atoms with Crippen LogP contribution in [0.5, 0.6) is 5.75 Å². The van der Waals surface area contributed by atoms with E-state index < -0.39 is 0 Å². The van der Waals surface area contributed by atoms with Crippen molar-refractivity contribution in [3.05, 3.63) is 29.6 Å². The Labute approximate surface area is 95.6 Å². The summed E-state index contributed by atoms with van der Waals surface area (Å²) in [5.74, 6) is 0.276. The van der Waals surface area contributed by atoms with Crippen LogP contribution in [0.4, 0.5) is 4.39 Å². The molecule has 0 saturated carbocycles. The Morgan fingerprint density at radius 2 is 2.12 bits per heavy atom. The van der Waals surface area contributed by atoms with E-state index in [2.05, 4.69) is 5.32 Å². The van der Waals surface area contributed by atoms with E-state index in [9.17, 15) is 4.39 Å². The Bertz CT molecular complexity index is 331. The van der Waals surface area contributed by atoms with Gasteiger partial charge in [0.25, 0.3) is 0 Å². The minimum atomic E-state index is -0.292. The molecule has 1 atom stereocenters. The minimum absolute atomic E-state index is 0.123. The molecule has 1 rings (SSSR count). The van der Waals surface area contributed by atoms with Crippen molar-refractivity contribution < 1.29 is 13.9 Å². The Balaban J connectivity index is 2.81. The van der Waals surface area contributed by atoms with Gasteiger partial charge in [-0.25, -0.2) is 4.39 Å². The molecular weight excluding hydrogens is 209 g/mol. The largest absolute Gasteiger partial charge is 0.491 e. The lowest BCUT2D eigenvalue weighted by Crippen LogP contribution is -2.15. The smallest absolute Gasteiger partial charge is 0.127 e. The van der Waals surface area contributed by atoms with E-state index in [1.165, 1.54) is 12.1 Å². The average Bonchev–Trinajstić information content (AvgIpc) is 2.29. The van der Waals surface area contributed by atoms with E-state index in [-0.39, 0.29) is 11.9 Å². The molecule has 0 bridgehead atoms. The van der Waals surface area contributed by atoms with Crippen molar-refractivity contribution in [1.82, 2.24) is 5.32 Å². The predicted molar refractivity (Wildman–Crippen MR) is 61.2 cm³/mol. The van der Waals surface area contributed by atoms with E-state index in [4.69, 9.17) is 9.47 Å². The summed E-state index contributed by atoms with van der Waals surface area (Å²) in [6.07, 6.45) is 0. The molecule has 3 nitrogen and oxygen atoms in total. The third-order valence-electron chi connectivity index (χ3n) is 2.42. The van der Waals surface area contributed by atoms with Gasteiger partial charge in [0.15, 0.2) is 0 Å². The number of nitrogens with one attached hydrogen (secondary N) is 1. The molecule has 1 unspecified atom stereocenters. The van der Waals surface area contributed by atoms with Gasteiger partial charge in [-0.2, -0.15) is 0 Å². The second kappa shape index (κ2) is 6.45. The van der Waals surface area contributed by atoms with Crippen molar-refractivity contribution in [1.29, 1.82) is 0 Å². The molecule has 90 valence electrons. The molecule has 0 aromatic heterocycles. The van der Waals surface area contributed by atoms with Crippen LogP contribution >= 0.6 is 0 Å². The van der Waals surface area contributed by atoms with Crippen LogP contribution in [0.2, 0.25) is 0 Å². The molecule has 0 aliphatic rings. The number of ether oxygens (including phenoxy) is 2. The van der Waals surface area contributed by atoms with Gasteiger partial charge in [-0.1, -0.05) is 6.07 Å². The van der Waals surface area contributed by atoms with Gasteiger partial charge in [-0.3, -0.25) is 0 Å². The zero-order chi connectivity index (χ0) is 12.0. The van der Waals surface area contributed by atoms with Gasteiger partial charge in [0.05, 0.1) is 6.61 Å². The number of hydrogen-bond acceptors (Lipinski definition) is 3. The first-order chi connectivity index (χ1) is 7.69. The fourth-order valence-corrected chi connectivity index (χ4v) is 1.38. The number of rotatable bonds is 6. The van der Waals surface area contributed by atoms with Crippen LogP contribution in [0.3, 0.4) is 0 Å². The summed E-state index contributed by atoms with van der Waals surface area (Å²) in [5, 5.41) is 3.10. The predicted octanol–water partition coefficient (Wildman–Crippen LogP) is 2.13. The first kappa shape index (κ1) is 12.9. The second-order valence-corrected chi connectivity index (χ2v) is 3.53. The van der Waals surface area contributed by atoms with Crippen LogP contribution in [0.1, 0.15) is 18.5 Å². The molecule has 0 heterocycles. The number of methoxy groups -OCH3 is 1. The SMILES string of the molecule is CNC(C)c1ccc(F)cc1OCCOC. The quantitative estimate of drug-likeness (QED) is 0.755.